The third-order valence-corrected chi connectivity index (χ3v) is 5.50. The normalized spacial score (nSPS) is 25.8. The SMILES string of the molecule is CC1CN(Cc2ccc(C(C)C)cc2)C2(CCCC2)CN1. The van der Waals surface area contributed by atoms with Gasteiger partial charge in [-0.3, -0.25) is 4.90 Å². The van der Waals surface area contributed by atoms with Crippen LogP contribution in [0.2, 0.25) is 0 Å². The zero-order chi connectivity index (χ0) is 14.9. The first-order valence-corrected chi connectivity index (χ1v) is 8.66. The summed E-state index contributed by atoms with van der Waals surface area (Å²) in [6.07, 6.45) is 5.55. The Morgan fingerprint density at radius 3 is 2.48 bits per heavy atom. The van der Waals surface area contributed by atoms with Crippen molar-refractivity contribution in [1.29, 1.82) is 0 Å². The van der Waals surface area contributed by atoms with Gasteiger partial charge in [-0.25, -0.2) is 0 Å². The Bertz CT molecular complexity index is 457. The van der Waals surface area contributed by atoms with Gasteiger partial charge < -0.3 is 5.32 Å². The summed E-state index contributed by atoms with van der Waals surface area (Å²) in [6.45, 7) is 10.3. The summed E-state index contributed by atoms with van der Waals surface area (Å²) in [5.41, 5.74) is 3.35. The van der Waals surface area contributed by atoms with E-state index in [1.807, 2.05) is 0 Å². The zero-order valence-corrected chi connectivity index (χ0v) is 13.9. The van der Waals surface area contributed by atoms with Crippen LogP contribution in [-0.4, -0.2) is 29.6 Å². The molecule has 0 bridgehead atoms. The smallest absolute Gasteiger partial charge is 0.0338 e. The first-order valence-electron chi connectivity index (χ1n) is 8.66. The number of rotatable bonds is 3. The molecule has 2 nitrogen and oxygen atoms in total. The molecular weight excluding hydrogens is 256 g/mol. The Balaban J connectivity index is 1.74. The molecule has 1 saturated heterocycles. The van der Waals surface area contributed by atoms with E-state index in [1.165, 1.54) is 49.9 Å². The molecule has 1 heterocycles. The lowest BCUT2D eigenvalue weighted by Gasteiger charge is -2.48. The highest BCUT2D eigenvalue weighted by atomic mass is 15.3. The van der Waals surface area contributed by atoms with Crippen LogP contribution in [0.4, 0.5) is 0 Å². The molecule has 1 aromatic rings. The molecule has 2 heteroatoms. The highest BCUT2D eigenvalue weighted by molar-refractivity contribution is 5.25. The Kier molecular flexibility index (Phi) is 4.37. The summed E-state index contributed by atoms with van der Waals surface area (Å²) in [5, 5.41) is 3.71. The Morgan fingerprint density at radius 1 is 1.19 bits per heavy atom. The quantitative estimate of drug-likeness (QED) is 0.906. The van der Waals surface area contributed by atoms with E-state index >= 15 is 0 Å². The minimum absolute atomic E-state index is 0.434. The zero-order valence-electron chi connectivity index (χ0n) is 13.9. The van der Waals surface area contributed by atoms with Gasteiger partial charge in [-0.15, -0.1) is 0 Å². The fourth-order valence-electron chi connectivity index (χ4n) is 4.05. The monoisotopic (exact) mass is 286 g/mol. The van der Waals surface area contributed by atoms with Crippen molar-refractivity contribution in [3.8, 4) is 0 Å². The van der Waals surface area contributed by atoms with Gasteiger partial charge in [0.25, 0.3) is 0 Å². The van der Waals surface area contributed by atoms with Crippen LogP contribution in [-0.2, 0) is 6.54 Å². The first-order chi connectivity index (χ1) is 10.1. The molecule has 1 N–H and O–H groups in total. The van der Waals surface area contributed by atoms with E-state index in [0.29, 0.717) is 17.5 Å². The lowest BCUT2D eigenvalue weighted by molar-refractivity contribution is 0.0393. The minimum atomic E-state index is 0.434. The number of piperazine rings is 1. The van der Waals surface area contributed by atoms with E-state index in [9.17, 15) is 0 Å². The topological polar surface area (TPSA) is 15.3 Å². The molecule has 3 rings (SSSR count). The molecule has 116 valence electrons. The summed E-state index contributed by atoms with van der Waals surface area (Å²) in [5.74, 6) is 0.624. The average Bonchev–Trinajstić information content (AvgIpc) is 2.93. The first kappa shape index (κ1) is 15.1. The van der Waals surface area contributed by atoms with Crippen LogP contribution >= 0.6 is 0 Å². The highest BCUT2D eigenvalue weighted by Crippen LogP contribution is 2.37. The molecule has 1 spiro atoms. The number of hydrogen-bond donors (Lipinski definition) is 1. The van der Waals surface area contributed by atoms with Crippen molar-refractivity contribution >= 4 is 0 Å². The summed E-state index contributed by atoms with van der Waals surface area (Å²) < 4.78 is 0. The van der Waals surface area contributed by atoms with Gasteiger partial charge in [0, 0.05) is 31.2 Å². The molecule has 2 fully saturated rings. The van der Waals surface area contributed by atoms with Gasteiger partial charge in [-0.2, -0.15) is 0 Å². The summed E-state index contributed by atoms with van der Waals surface area (Å²) >= 11 is 0. The molecule has 1 aliphatic carbocycles. The molecule has 1 saturated carbocycles. The van der Waals surface area contributed by atoms with E-state index in [1.54, 1.807) is 0 Å². The summed E-state index contributed by atoms with van der Waals surface area (Å²) in [6, 6.07) is 9.92. The van der Waals surface area contributed by atoms with Crippen LogP contribution in [0.5, 0.6) is 0 Å². The van der Waals surface area contributed by atoms with Gasteiger partial charge >= 0.3 is 0 Å². The highest BCUT2D eigenvalue weighted by Gasteiger charge is 2.42. The van der Waals surface area contributed by atoms with Crippen molar-refractivity contribution in [1.82, 2.24) is 10.2 Å². The van der Waals surface area contributed by atoms with E-state index in [4.69, 9.17) is 0 Å². The van der Waals surface area contributed by atoms with Crippen molar-refractivity contribution in [2.75, 3.05) is 13.1 Å². The van der Waals surface area contributed by atoms with Gasteiger partial charge in [0.15, 0.2) is 0 Å². The van der Waals surface area contributed by atoms with Gasteiger partial charge in [0.2, 0.25) is 0 Å². The molecule has 21 heavy (non-hydrogen) atoms. The summed E-state index contributed by atoms with van der Waals surface area (Å²) in [4.78, 5) is 2.77. The molecule has 0 radical (unpaired) electrons. The second-order valence-corrected chi connectivity index (χ2v) is 7.49. The maximum atomic E-state index is 3.71. The number of nitrogens with one attached hydrogen (secondary N) is 1. The van der Waals surface area contributed by atoms with Crippen molar-refractivity contribution in [2.45, 2.75) is 70.5 Å². The van der Waals surface area contributed by atoms with Gasteiger partial charge in [0.05, 0.1) is 0 Å². The fraction of sp³-hybridized carbons (Fsp3) is 0.684. The maximum Gasteiger partial charge on any atom is 0.0338 e. The predicted octanol–water partition coefficient (Wildman–Crippen LogP) is 3.92. The van der Waals surface area contributed by atoms with Gasteiger partial charge in [-0.1, -0.05) is 51.0 Å². The third kappa shape index (κ3) is 3.17. The van der Waals surface area contributed by atoms with Crippen molar-refractivity contribution in [2.24, 2.45) is 0 Å². The molecule has 0 aromatic heterocycles. The number of nitrogens with zero attached hydrogens (tertiary/aromatic N) is 1. The average molecular weight is 286 g/mol. The van der Waals surface area contributed by atoms with Crippen LogP contribution in [0.1, 0.15) is 63.5 Å². The largest absolute Gasteiger partial charge is 0.311 e. The minimum Gasteiger partial charge on any atom is -0.311 e. The fourth-order valence-corrected chi connectivity index (χ4v) is 4.05. The van der Waals surface area contributed by atoms with Crippen LogP contribution in [0.15, 0.2) is 24.3 Å². The lowest BCUT2D eigenvalue weighted by Crippen LogP contribution is -2.62. The Hall–Kier alpha value is -0.860. The predicted molar refractivity (Wildman–Crippen MR) is 89.6 cm³/mol. The van der Waals surface area contributed by atoms with Crippen LogP contribution in [0.25, 0.3) is 0 Å². The number of hydrogen-bond acceptors (Lipinski definition) is 2. The van der Waals surface area contributed by atoms with Crippen LogP contribution in [0, 0.1) is 0 Å². The molecule has 1 aliphatic heterocycles. The Labute approximate surface area is 129 Å². The van der Waals surface area contributed by atoms with Crippen molar-refractivity contribution in [3.05, 3.63) is 35.4 Å². The van der Waals surface area contributed by atoms with E-state index in [0.717, 1.165) is 6.54 Å². The second kappa shape index (κ2) is 6.10. The van der Waals surface area contributed by atoms with E-state index < -0.39 is 0 Å². The molecule has 1 unspecified atom stereocenters. The standard InChI is InChI=1S/C19H30N2/c1-15(2)18-8-6-17(7-9-18)13-21-12-16(3)20-14-19(21)10-4-5-11-19/h6-9,15-16,20H,4-5,10-14H2,1-3H3. The maximum absolute atomic E-state index is 3.71. The van der Waals surface area contributed by atoms with Crippen LogP contribution < -0.4 is 5.32 Å². The third-order valence-electron chi connectivity index (χ3n) is 5.50. The second-order valence-electron chi connectivity index (χ2n) is 7.49. The van der Waals surface area contributed by atoms with Gasteiger partial charge in [-0.05, 0) is 36.8 Å². The molecular formula is C19H30N2. The van der Waals surface area contributed by atoms with E-state index in [2.05, 4.69) is 55.3 Å². The molecule has 1 atom stereocenters. The van der Waals surface area contributed by atoms with Crippen LogP contribution in [0.3, 0.4) is 0 Å². The summed E-state index contributed by atoms with van der Waals surface area (Å²) in [7, 11) is 0. The van der Waals surface area contributed by atoms with E-state index in [-0.39, 0.29) is 0 Å². The van der Waals surface area contributed by atoms with Crippen molar-refractivity contribution < 1.29 is 0 Å². The molecule has 1 aromatic carbocycles. The van der Waals surface area contributed by atoms with Crippen molar-refractivity contribution in [3.63, 3.8) is 0 Å². The molecule has 0 amide bonds. The van der Waals surface area contributed by atoms with Gasteiger partial charge in [0.1, 0.15) is 0 Å². The molecule has 2 aliphatic rings. The lowest BCUT2D eigenvalue weighted by atomic mass is 9.90. The Morgan fingerprint density at radius 2 is 1.86 bits per heavy atom. The number of benzene rings is 1.